The highest BCUT2D eigenvalue weighted by molar-refractivity contribution is 6.31. The standard InChI is InChI=1S/C18H23ClN4O4/c1-18(2,3)27-16(24)13-6-5-7-14-21-22(17(25)23(13)14)10-11-8-12(19)15(26-4)20-9-11/h8-9,13H,5-7,10H2,1-4H3/t13-/m0/s1. The molecule has 1 aliphatic heterocycles. The molecule has 9 heteroatoms. The van der Waals surface area contributed by atoms with Crippen LogP contribution in [0, 0.1) is 0 Å². The maximum Gasteiger partial charge on any atom is 0.347 e. The molecule has 1 atom stereocenters. The molecule has 0 unspecified atom stereocenters. The number of hydrogen-bond acceptors (Lipinski definition) is 6. The zero-order valence-electron chi connectivity index (χ0n) is 15.9. The lowest BCUT2D eigenvalue weighted by molar-refractivity contribution is -0.159. The van der Waals surface area contributed by atoms with E-state index >= 15 is 0 Å². The summed E-state index contributed by atoms with van der Waals surface area (Å²) in [7, 11) is 1.48. The van der Waals surface area contributed by atoms with Gasteiger partial charge in [-0.1, -0.05) is 11.6 Å². The van der Waals surface area contributed by atoms with Gasteiger partial charge in [0.1, 0.15) is 22.5 Å². The molecule has 0 fully saturated rings. The van der Waals surface area contributed by atoms with Crippen LogP contribution < -0.4 is 10.4 Å². The molecule has 0 N–H and O–H groups in total. The predicted octanol–water partition coefficient (Wildman–Crippen LogP) is 2.37. The lowest BCUT2D eigenvalue weighted by Gasteiger charge is -2.26. The van der Waals surface area contributed by atoms with E-state index in [1.54, 1.807) is 33.0 Å². The second-order valence-electron chi connectivity index (χ2n) is 7.50. The molecule has 0 radical (unpaired) electrons. The zero-order valence-corrected chi connectivity index (χ0v) is 16.6. The van der Waals surface area contributed by atoms with Crippen molar-refractivity contribution in [1.82, 2.24) is 19.3 Å². The van der Waals surface area contributed by atoms with Crippen molar-refractivity contribution in [3.8, 4) is 5.88 Å². The summed E-state index contributed by atoms with van der Waals surface area (Å²) < 4.78 is 13.3. The molecule has 0 aliphatic carbocycles. The van der Waals surface area contributed by atoms with Gasteiger partial charge in [-0.05, 0) is 45.2 Å². The van der Waals surface area contributed by atoms with E-state index in [1.807, 2.05) is 0 Å². The highest BCUT2D eigenvalue weighted by Gasteiger charge is 2.33. The number of halogens is 1. The lowest BCUT2D eigenvalue weighted by atomic mass is 10.0. The van der Waals surface area contributed by atoms with Gasteiger partial charge >= 0.3 is 11.7 Å². The third kappa shape index (κ3) is 4.16. The summed E-state index contributed by atoms with van der Waals surface area (Å²) in [4.78, 5) is 29.5. The van der Waals surface area contributed by atoms with Crippen LogP contribution in [0.1, 0.15) is 51.0 Å². The Hall–Kier alpha value is -2.35. The highest BCUT2D eigenvalue weighted by atomic mass is 35.5. The van der Waals surface area contributed by atoms with Crippen LogP contribution in [0.4, 0.5) is 0 Å². The van der Waals surface area contributed by atoms with E-state index in [1.165, 1.54) is 16.4 Å². The van der Waals surface area contributed by atoms with Crippen LogP contribution in [0.2, 0.25) is 5.02 Å². The molecule has 0 amide bonds. The zero-order chi connectivity index (χ0) is 19.8. The number of fused-ring (bicyclic) bond motifs is 1. The number of aryl methyl sites for hydroxylation is 1. The number of carbonyl (C=O) groups is 1. The molecule has 0 saturated heterocycles. The summed E-state index contributed by atoms with van der Waals surface area (Å²) >= 11 is 6.10. The van der Waals surface area contributed by atoms with Gasteiger partial charge in [0.2, 0.25) is 5.88 Å². The van der Waals surface area contributed by atoms with E-state index in [-0.39, 0.29) is 12.2 Å². The van der Waals surface area contributed by atoms with Crippen LogP contribution in [0.25, 0.3) is 0 Å². The van der Waals surface area contributed by atoms with Gasteiger partial charge in [0.25, 0.3) is 0 Å². The number of ether oxygens (including phenoxy) is 2. The van der Waals surface area contributed by atoms with Crippen LogP contribution in [0.3, 0.4) is 0 Å². The minimum absolute atomic E-state index is 0.205. The Morgan fingerprint density at radius 3 is 2.78 bits per heavy atom. The maximum atomic E-state index is 12.9. The van der Waals surface area contributed by atoms with Gasteiger partial charge in [-0.3, -0.25) is 4.57 Å². The topological polar surface area (TPSA) is 88.2 Å². The number of aromatic nitrogens is 4. The van der Waals surface area contributed by atoms with Gasteiger partial charge in [-0.25, -0.2) is 19.3 Å². The summed E-state index contributed by atoms with van der Waals surface area (Å²) in [6, 6.07) is 1.04. The van der Waals surface area contributed by atoms with Crippen LogP contribution in [0.5, 0.6) is 5.88 Å². The Kier molecular flexibility index (Phi) is 5.28. The van der Waals surface area contributed by atoms with Crippen LogP contribution in [-0.2, 0) is 22.5 Å². The number of carbonyl (C=O) groups excluding carboxylic acids is 1. The molecule has 3 heterocycles. The third-order valence-corrected chi connectivity index (χ3v) is 4.47. The lowest BCUT2D eigenvalue weighted by Crippen LogP contribution is -2.38. The highest BCUT2D eigenvalue weighted by Crippen LogP contribution is 2.26. The number of methoxy groups -OCH3 is 1. The molecular weight excluding hydrogens is 372 g/mol. The molecule has 3 rings (SSSR count). The number of esters is 1. The number of nitrogens with zero attached hydrogens (tertiary/aromatic N) is 4. The molecule has 2 aromatic rings. The minimum Gasteiger partial charge on any atom is -0.480 e. The molecule has 0 spiro atoms. The summed E-state index contributed by atoms with van der Waals surface area (Å²) in [5, 5.41) is 4.76. The average Bonchev–Trinajstić information content (AvgIpc) is 2.89. The molecule has 8 nitrogen and oxygen atoms in total. The van der Waals surface area contributed by atoms with Crippen molar-refractivity contribution in [2.75, 3.05) is 7.11 Å². The molecule has 27 heavy (non-hydrogen) atoms. The summed E-state index contributed by atoms with van der Waals surface area (Å²) in [6.07, 6.45) is 3.56. The van der Waals surface area contributed by atoms with Crippen LogP contribution in [-0.4, -0.2) is 38.0 Å². The minimum atomic E-state index is -0.646. The molecule has 0 bridgehead atoms. The third-order valence-electron chi connectivity index (χ3n) is 4.20. The first-order valence-electron chi connectivity index (χ1n) is 8.79. The van der Waals surface area contributed by atoms with E-state index in [0.29, 0.717) is 35.1 Å². The second-order valence-corrected chi connectivity index (χ2v) is 7.91. The van der Waals surface area contributed by atoms with Crippen molar-refractivity contribution in [2.45, 2.75) is 58.2 Å². The largest absolute Gasteiger partial charge is 0.480 e. The van der Waals surface area contributed by atoms with E-state index in [9.17, 15) is 9.59 Å². The fraction of sp³-hybridized carbons (Fsp3) is 0.556. The van der Waals surface area contributed by atoms with Gasteiger partial charge < -0.3 is 9.47 Å². The van der Waals surface area contributed by atoms with Crippen LogP contribution >= 0.6 is 11.6 Å². The first kappa shape index (κ1) is 19.4. The molecule has 0 saturated carbocycles. The van der Waals surface area contributed by atoms with Crippen LogP contribution in [0.15, 0.2) is 17.1 Å². The second kappa shape index (κ2) is 7.34. The Balaban J connectivity index is 1.89. The first-order valence-corrected chi connectivity index (χ1v) is 9.17. The number of rotatable bonds is 4. The average molecular weight is 395 g/mol. The molecule has 0 aromatic carbocycles. The van der Waals surface area contributed by atoms with Gasteiger partial charge in [0.05, 0.1) is 13.7 Å². The van der Waals surface area contributed by atoms with Gasteiger partial charge in [-0.2, -0.15) is 5.10 Å². The summed E-state index contributed by atoms with van der Waals surface area (Å²) in [5.74, 6) is 0.510. The molecular formula is C18H23ClN4O4. The fourth-order valence-corrected chi connectivity index (χ4v) is 3.37. The normalized spacial score (nSPS) is 16.7. The van der Waals surface area contributed by atoms with E-state index in [0.717, 1.165) is 6.42 Å². The Morgan fingerprint density at radius 1 is 1.41 bits per heavy atom. The smallest absolute Gasteiger partial charge is 0.347 e. The van der Waals surface area contributed by atoms with Crippen molar-refractivity contribution in [3.63, 3.8) is 0 Å². The maximum absolute atomic E-state index is 12.9. The van der Waals surface area contributed by atoms with Crippen molar-refractivity contribution >= 4 is 17.6 Å². The van der Waals surface area contributed by atoms with E-state index in [2.05, 4.69) is 10.1 Å². The quantitative estimate of drug-likeness (QED) is 0.740. The molecule has 1 aliphatic rings. The Morgan fingerprint density at radius 2 is 2.15 bits per heavy atom. The van der Waals surface area contributed by atoms with E-state index < -0.39 is 17.6 Å². The van der Waals surface area contributed by atoms with Crippen molar-refractivity contribution in [3.05, 3.63) is 39.2 Å². The number of pyridine rings is 1. The first-order chi connectivity index (χ1) is 12.7. The summed E-state index contributed by atoms with van der Waals surface area (Å²) in [5.41, 5.74) is -0.237. The van der Waals surface area contributed by atoms with Gasteiger partial charge in [0, 0.05) is 12.6 Å². The number of hydrogen-bond donors (Lipinski definition) is 0. The van der Waals surface area contributed by atoms with E-state index in [4.69, 9.17) is 21.1 Å². The SMILES string of the molecule is COc1ncc(Cn2nc3n(c2=O)[C@H](C(=O)OC(C)(C)C)CCC3)cc1Cl. The van der Waals surface area contributed by atoms with Crippen molar-refractivity contribution in [2.24, 2.45) is 0 Å². The van der Waals surface area contributed by atoms with Crippen molar-refractivity contribution < 1.29 is 14.3 Å². The fourth-order valence-electron chi connectivity index (χ4n) is 3.10. The van der Waals surface area contributed by atoms with Gasteiger partial charge in [-0.15, -0.1) is 0 Å². The predicted molar refractivity (Wildman–Crippen MR) is 99.2 cm³/mol. The van der Waals surface area contributed by atoms with Gasteiger partial charge in [0.15, 0.2) is 0 Å². The Labute approximate surface area is 162 Å². The molecule has 2 aromatic heterocycles. The summed E-state index contributed by atoms with van der Waals surface area (Å²) in [6.45, 7) is 5.63. The Bertz CT molecular complexity index is 913. The monoisotopic (exact) mass is 394 g/mol. The van der Waals surface area contributed by atoms with Crippen molar-refractivity contribution in [1.29, 1.82) is 0 Å². The molecule has 146 valence electrons.